The zero-order valence-corrected chi connectivity index (χ0v) is 12.2. The zero-order valence-electron chi connectivity index (χ0n) is 12.2. The molecule has 0 bridgehead atoms. The lowest BCUT2D eigenvalue weighted by Crippen LogP contribution is -2.35. The van der Waals surface area contributed by atoms with Crippen molar-refractivity contribution in [3.05, 3.63) is 36.4 Å². The molecule has 1 aliphatic rings. The van der Waals surface area contributed by atoms with Gasteiger partial charge in [-0.15, -0.1) is 0 Å². The summed E-state index contributed by atoms with van der Waals surface area (Å²) in [5, 5.41) is 9.21. The maximum atomic E-state index is 11.2. The lowest BCUT2D eigenvalue weighted by atomic mass is 10.1. The van der Waals surface area contributed by atoms with Crippen molar-refractivity contribution in [3.63, 3.8) is 0 Å². The molecule has 1 heterocycles. The van der Waals surface area contributed by atoms with Gasteiger partial charge in [0.25, 0.3) is 0 Å². The summed E-state index contributed by atoms with van der Waals surface area (Å²) in [4.78, 5) is 13.2. The van der Waals surface area contributed by atoms with Gasteiger partial charge in [0.15, 0.2) is 11.5 Å². The number of aliphatic carboxylic acids is 1. The van der Waals surface area contributed by atoms with Crippen LogP contribution in [0.4, 0.5) is 0 Å². The Balaban J connectivity index is 2.10. The molecule has 21 heavy (non-hydrogen) atoms. The van der Waals surface area contributed by atoms with E-state index in [1.165, 1.54) is 0 Å². The van der Waals surface area contributed by atoms with E-state index in [4.69, 9.17) is 9.47 Å². The van der Waals surface area contributed by atoms with Gasteiger partial charge in [-0.2, -0.15) is 0 Å². The van der Waals surface area contributed by atoms with Crippen LogP contribution in [0.1, 0.15) is 18.4 Å². The smallest absolute Gasteiger partial charge is 0.320 e. The quantitative estimate of drug-likeness (QED) is 0.781. The Morgan fingerprint density at radius 1 is 1.52 bits per heavy atom. The Kier molecular flexibility index (Phi) is 5.22. The lowest BCUT2D eigenvalue weighted by molar-refractivity contribution is -0.142. The number of nitrogens with zero attached hydrogens (tertiary/aromatic N) is 1. The van der Waals surface area contributed by atoms with E-state index < -0.39 is 5.97 Å². The molecule has 0 spiro atoms. The largest absolute Gasteiger partial charge is 0.493 e. The summed E-state index contributed by atoms with van der Waals surface area (Å²) >= 11 is 0. The van der Waals surface area contributed by atoms with Crippen LogP contribution in [0.15, 0.2) is 30.9 Å². The number of hydrogen-bond donors (Lipinski definition) is 1. The van der Waals surface area contributed by atoms with Crippen LogP contribution in [0, 0.1) is 0 Å². The monoisotopic (exact) mass is 291 g/mol. The predicted octanol–water partition coefficient (Wildman–Crippen LogP) is 2.31. The molecule has 1 aromatic rings. The highest BCUT2D eigenvalue weighted by molar-refractivity contribution is 5.73. The molecule has 0 saturated carbocycles. The van der Waals surface area contributed by atoms with Crippen molar-refractivity contribution in [1.82, 2.24) is 4.90 Å². The van der Waals surface area contributed by atoms with Crippen LogP contribution in [0.5, 0.6) is 11.5 Å². The van der Waals surface area contributed by atoms with Gasteiger partial charge in [0, 0.05) is 6.54 Å². The average molecular weight is 291 g/mol. The first kappa shape index (κ1) is 15.4. The van der Waals surface area contributed by atoms with Gasteiger partial charge < -0.3 is 14.6 Å². The van der Waals surface area contributed by atoms with E-state index in [-0.39, 0.29) is 6.04 Å². The van der Waals surface area contributed by atoms with Crippen molar-refractivity contribution in [2.45, 2.75) is 25.4 Å². The van der Waals surface area contributed by atoms with E-state index >= 15 is 0 Å². The van der Waals surface area contributed by atoms with Crippen molar-refractivity contribution in [2.24, 2.45) is 0 Å². The summed E-state index contributed by atoms with van der Waals surface area (Å²) in [6.45, 7) is 5.45. The normalized spacial score (nSPS) is 18.4. The summed E-state index contributed by atoms with van der Waals surface area (Å²) in [5.41, 5.74) is 1.02. The number of benzene rings is 1. The van der Waals surface area contributed by atoms with E-state index in [2.05, 4.69) is 6.58 Å². The third kappa shape index (κ3) is 3.76. The maximum Gasteiger partial charge on any atom is 0.320 e. The number of carboxylic acid groups (broad SMARTS) is 1. The molecule has 2 rings (SSSR count). The predicted molar refractivity (Wildman–Crippen MR) is 79.8 cm³/mol. The van der Waals surface area contributed by atoms with Gasteiger partial charge in [-0.3, -0.25) is 9.69 Å². The molecular weight excluding hydrogens is 270 g/mol. The fourth-order valence-electron chi connectivity index (χ4n) is 2.61. The van der Waals surface area contributed by atoms with Gasteiger partial charge in [-0.25, -0.2) is 0 Å². The molecule has 114 valence electrons. The van der Waals surface area contributed by atoms with Crippen LogP contribution in [0.2, 0.25) is 0 Å². The van der Waals surface area contributed by atoms with Gasteiger partial charge in [-0.1, -0.05) is 18.7 Å². The first-order valence-corrected chi connectivity index (χ1v) is 7.03. The molecule has 1 aliphatic heterocycles. The summed E-state index contributed by atoms with van der Waals surface area (Å²) in [7, 11) is 1.59. The molecule has 1 aromatic carbocycles. The second kappa shape index (κ2) is 7.13. The Hall–Kier alpha value is -2.01. The standard InChI is InChI=1S/C16H21NO4/c1-3-9-21-14-7-6-12(10-15(14)20-2)11-17-8-4-5-13(17)16(18)19/h3,6-7,10,13H,1,4-5,8-9,11H2,2H3,(H,18,19)/t13-/m1/s1. The van der Waals surface area contributed by atoms with Gasteiger partial charge in [0.2, 0.25) is 0 Å². The van der Waals surface area contributed by atoms with E-state index in [0.717, 1.165) is 18.5 Å². The summed E-state index contributed by atoms with van der Waals surface area (Å²) in [5.74, 6) is 0.572. The highest BCUT2D eigenvalue weighted by atomic mass is 16.5. The molecule has 5 nitrogen and oxygen atoms in total. The highest BCUT2D eigenvalue weighted by Gasteiger charge is 2.30. The third-order valence-electron chi connectivity index (χ3n) is 3.62. The topological polar surface area (TPSA) is 59.0 Å². The van der Waals surface area contributed by atoms with Gasteiger partial charge in [0.05, 0.1) is 7.11 Å². The summed E-state index contributed by atoms with van der Waals surface area (Å²) in [6, 6.07) is 5.31. The first-order valence-electron chi connectivity index (χ1n) is 7.03. The minimum atomic E-state index is -0.745. The number of rotatable bonds is 7. The van der Waals surface area contributed by atoms with Gasteiger partial charge in [-0.05, 0) is 37.1 Å². The van der Waals surface area contributed by atoms with E-state index in [1.807, 2.05) is 23.1 Å². The molecule has 0 amide bonds. The fraction of sp³-hybridized carbons (Fsp3) is 0.438. The van der Waals surface area contributed by atoms with Crippen molar-refractivity contribution in [1.29, 1.82) is 0 Å². The molecule has 0 aromatic heterocycles. The van der Waals surface area contributed by atoms with E-state index in [9.17, 15) is 9.90 Å². The number of hydrogen-bond acceptors (Lipinski definition) is 4. The molecule has 0 radical (unpaired) electrons. The number of ether oxygens (including phenoxy) is 2. The third-order valence-corrected chi connectivity index (χ3v) is 3.62. The molecule has 1 N–H and O–H groups in total. The van der Waals surface area contributed by atoms with Crippen molar-refractivity contribution in [2.75, 3.05) is 20.3 Å². The molecule has 0 unspecified atom stereocenters. The number of likely N-dealkylation sites (tertiary alicyclic amines) is 1. The Morgan fingerprint density at radius 2 is 2.33 bits per heavy atom. The maximum absolute atomic E-state index is 11.2. The molecule has 5 heteroatoms. The Bertz CT molecular complexity index is 515. The van der Waals surface area contributed by atoms with Gasteiger partial charge in [0.1, 0.15) is 12.6 Å². The SMILES string of the molecule is C=CCOc1ccc(CN2CCC[C@@H]2C(=O)O)cc1OC. The lowest BCUT2D eigenvalue weighted by Gasteiger charge is -2.21. The first-order chi connectivity index (χ1) is 10.2. The van der Waals surface area contributed by atoms with Gasteiger partial charge >= 0.3 is 5.97 Å². The van der Waals surface area contributed by atoms with E-state index in [1.54, 1.807) is 13.2 Å². The second-order valence-corrected chi connectivity index (χ2v) is 5.05. The minimum absolute atomic E-state index is 0.382. The summed E-state index contributed by atoms with van der Waals surface area (Å²) < 4.78 is 10.8. The molecule has 1 saturated heterocycles. The Morgan fingerprint density at radius 3 is 3.00 bits per heavy atom. The summed E-state index contributed by atoms with van der Waals surface area (Å²) in [6.07, 6.45) is 3.32. The highest BCUT2D eigenvalue weighted by Crippen LogP contribution is 2.29. The second-order valence-electron chi connectivity index (χ2n) is 5.05. The molecular formula is C16H21NO4. The van der Waals surface area contributed by atoms with Crippen LogP contribution < -0.4 is 9.47 Å². The average Bonchev–Trinajstić information content (AvgIpc) is 2.94. The van der Waals surface area contributed by atoms with Crippen molar-refractivity contribution >= 4 is 5.97 Å². The van der Waals surface area contributed by atoms with Crippen molar-refractivity contribution < 1.29 is 19.4 Å². The molecule has 1 fully saturated rings. The fourth-order valence-corrected chi connectivity index (χ4v) is 2.61. The van der Waals surface area contributed by atoms with Crippen LogP contribution in [-0.2, 0) is 11.3 Å². The minimum Gasteiger partial charge on any atom is -0.493 e. The van der Waals surface area contributed by atoms with Crippen LogP contribution in [0.25, 0.3) is 0 Å². The van der Waals surface area contributed by atoms with Crippen LogP contribution in [0.3, 0.4) is 0 Å². The number of carboxylic acids is 1. The molecule has 1 atom stereocenters. The number of carbonyl (C=O) groups is 1. The van der Waals surface area contributed by atoms with Crippen LogP contribution in [-0.4, -0.2) is 42.3 Å². The van der Waals surface area contributed by atoms with Crippen LogP contribution >= 0.6 is 0 Å². The Labute approximate surface area is 124 Å². The molecule has 0 aliphatic carbocycles. The van der Waals surface area contributed by atoms with Crippen molar-refractivity contribution in [3.8, 4) is 11.5 Å². The van der Waals surface area contributed by atoms with E-state index in [0.29, 0.717) is 31.1 Å². The number of methoxy groups -OCH3 is 1. The zero-order chi connectivity index (χ0) is 15.2.